The predicted octanol–water partition coefficient (Wildman–Crippen LogP) is 0.0707. The second-order valence-electron chi connectivity index (χ2n) is 2.71. The number of nitrogens with one attached hydrogen (secondary N) is 1. The van der Waals surface area contributed by atoms with Crippen LogP contribution in [0, 0.1) is 0 Å². The van der Waals surface area contributed by atoms with Crippen molar-refractivity contribution in [2.45, 2.75) is 6.23 Å². The molecule has 2 aromatic rings. The van der Waals surface area contributed by atoms with Crippen LogP contribution in [-0.4, -0.2) is 10.1 Å². The molecule has 4 N–H and O–H groups in total. The normalized spacial score (nSPS) is 13.4. The van der Waals surface area contributed by atoms with Gasteiger partial charge in [0.25, 0.3) is 0 Å². The minimum absolute atomic E-state index is 0.395. The van der Waals surface area contributed by atoms with Gasteiger partial charge in [-0.05, 0) is 17.7 Å². The minimum atomic E-state index is -1.05. The SMILES string of the molecule is NC(O)c1ccc2[nH]c(=O)oc2c1. The average Bonchev–Trinajstić information content (AvgIpc) is 2.42. The Morgan fingerprint density at radius 1 is 1.54 bits per heavy atom. The zero-order chi connectivity index (χ0) is 9.42. The molecule has 5 heteroatoms. The third kappa shape index (κ3) is 1.34. The second kappa shape index (κ2) is 2.72. The van der Waals surface area contributed by atoms with Crippen molar-refractivity contribution in [2.24, 2.45) is 5.73 Å². The molecule has 1 atom stereocenters. The van der Waals surface area contributed by atoms with Gasteiger partial charge in [-0.2, -0.15) is 0 Å². The molecule has 0 aliphatic heterocycles. The Morgan fingerprint density at radius 3 is 3.00 bits per heavy atom. The number of oxazole rings is 1. The number of aromatic nitrogens is 1. The Kier molecular flexibility index (Phi) is 1.68. The highest BCUT2D eigenvalue weighted by Gasteiger charge is 2.05. The van der Waals surface area contributed by atoms with Gasteiger partial charge in [0.1, 0.15) is 6.23 Å². The zero-order valence-electron chi connectivity index (χ0n) is 6.65. The Bertz CT molecular complexity index is 483. The molecule has 0 fully saturated rings. The van der Waals surface area contributed by atoms with Crippen molar-refractivity contribution >= 4 is 11.1 Å². The highest BCUT2D eigenvalue weighted by atomic mass is 16.4. The summed E-state index contributed by atoms with van der Waals surface area (Å²) in [6.07, 6.45) is -1.05. The Labute approximate surface area is 72.8 Å². The van der Waals surface area contributed by atoms with Gasteiger partial charge in [0.15, 0.2) is 5.58 Å². The fourth-order valence-corrected chi connectivity index (χ4v) is 1.15. The number of aliphatic hydroxyl groups excluding tert-OH is 1. The van der Waals surface area contributed by atoms with Crippen molar-refractivity contribution in [1.82, 2.24) is 4.98 Å². The van der Waals surface area contributed by atoms with E-state index >= 15 is 0 Å². The summed E-state index contributed by atoms with van der Waals surface area (Å²) in [4.78, 5) is 13.2. The molecule has 0 aliphatic rings. The summed E-state index contributed by atoms with van der Waals surface area (Å²) in [6.45, 7) is 0. The minimum Gasteiger partial charge on any atom is -0.408 e. The van der Waals surface area contributed by atoms with Gasteiger partial charge >= 0.3 is 5.76 Å². The highest BCUT2D eigenvalue weighted by Crippen LogP contribution is 2.15. The van der Waals surface area contributed by atoms with Crippen LogP contribution in [0.1, 0.15) is 11.8 Å². The Hall–Kier alpha value is -1.59. The predicted molar refractivity (Wildman–Crippen MR) is 46.0 cm³/mol. The van der Waals surface area contributed by atoms with Gasteiger partial charge in [-0.3, -0.25) is 4.98 Å². The third-order valence-electron chi connectivity index (χ3n) is 1.79. The molecule has 13 heavy (non-hydrogen) atoms. The van der Waals surface area contributed by atoms with Crippen LogP contribution in [0.15, 0.2) is 27.4 Å². The van der Waals surface area contributed by atoms with E-state index in [-0.39, 0.29) is 0 Å². The fraction of sp³-hybridized carbons (Fsp3) is 0.125. The molecule has 0 saturated carbocycles. The molecule has 1 aromatic carbocycles. The van der Waals surface area contributed by atoms with E-state index in [1.54, 1.807) is 12.1 Å². The topological polar surface area (TPSA) is 92.2 Å². The molecule has 1 aromatic heterocycles. The lowest BCUT2D eigenvalue weighted by molar-refractivity contribution is 0.186. The molecule has 1 unspecified atom stereocenters. The third-order valence-corrected chi connectivity index (χ3v) is 1.79. The Balaban J connectivity index is 2.68. The summed E-state index contributed by atoms with van der Waals surface area (Å²) in [5, 5.41) is 9.04. The summed E-state index contributed by atoms with van der Waals surface area (Å²) < 4.78 is 4.78. The number of aliphatic hydroxyl groups is 1. The molecule has 0 bridgehead atoms. The summed E-state index contributed by atoms with van der Waals surface area (Å²) in [5.41, 5.74) is 6.73. The van der Waals surface area contributed by atoms with Crippen molar-refractivity contribution in [3.05, 3.63) is 34.3 Å². The lowest BCUT2D eigenvalue weighted by atomic mass is 10.2. The van der Waals surface area contributed by atoms with E-state index in [4.69, 9.17) is 15.3 Å². The number of hydrogen-bond acceptors (Lipinski definition) is 4. The van der Waals surface area contributed by atoms with E-state index in [0.717, 1.165) is 0 Å². The van der Waals surface area contributed by atoms with Gasteiger partial charge in [0.2, 0.25) is 0 Å². The van der Waals surface area contributed by atoms with Crippen molar-refractivity contribution < 1.29 is 9.52 Å². The summed E-state index contributed by atoms with van der Waals surface area (Å²) in [6, 6.07) is 4.78. The molecule has 5 nitrogen and oxygen atoms in total. The van der Waals surface area contributed by atoms with Gasteiger partial charge < -0.3 is 15.3 Å². The average molecular weight is 180 g/mol. The number of nitrogens with two attached hydrogens (primary N) is 1. The maximum atomic E-state index is 10.8. The molecule has 0 saturated heterocycles. The van der Waals surface area contributed by atoms with Crippen LogP contribution < -0.4 is 11.5 Å². The van der Waals surface area contributed by atoms with Crippen molar-refractivity contribution in [3.8, 4) is 0 Å². The summed E-state index contributed by atoms with van der Waals surface area (Å²) in [5.74, 6) is -0.515. The van der Waals surface area contributed by atoms with Crippen LogP contribution in [0.2, 0.25) is 0 Å². The molecular weight excluding hydrogens is 172 g/mol. The highest BCUT2D eigenvalue weighted by molar-refractivity contribution is 5.72. The smallest absolute Gasteiger partial charge is 0.408 e. The van der Waals surface area contributed by atoms with Gasteiger partial charge in [0.05, 0.1) is 5.52 Å². The van der Waals surface area contributed by atoms with Crippen LogP contribution in [0.3, 0.4) is 0 Å². The maximum absolute atomic E-state index is 10.8. The molecule has 1 heterocycles. The lowest BCUT2D eigenvalue weighted by Crippen LogP contribution is -2.07. The van der Waals surface area contributed by atoms with Crippen molar-refractivity contribution in [2.75, 3.05) is 0 Å². The molecule has 0 spiro atoms. The molecule has 0 radical (unpaired) electrons. The standard InChI is InChI=1S/C8H8N2O3/c9-7(11)4-1-2-5-6(3-4)13-8(12)10-5/h1-3,7,11H,9H2,(H,10,12). The number of rotatable bonds is 1. The molecule has 2 rings (SSSR count). The fourth-order valence-electron chi connectivity index (χ4n) is 1.15. The van der Waals surface area contributed by atoms with E-state index in [2.05, 4.69) is 4.98 Å². The first-order valence-corrected chi connectivity index (χ1v) is 3.73. The maximum Gasteiger partial charge on any atom is 0.417 e. The number of benzene rings is 1. The molecule has 0 amide bonds. The number of H-pyrrole nitrogens is 1. The van der Waals surface area contributed by atoms with Crippen molar-refractivity contribution in [1.29, 1.82) is 0 Å². The number of aromatic amines is 1. The van der Waals surface area contributed by atoms with Gasteiger partial charge in [-0.15, -0.1) is 0 Å². The molecule has 68 valence electrons. The summed E-state index contributed by atoms with van der Waals surface area (Å²) in [7, 11) is 0. The second-order valence-corrected chi connectivity index (χ2v) is 2.71. The van der Waals surface area contributed by atoms with Crippen molar-refractivity contribution in [3.63, 3.8) is 0 Å². The van der Waals surface area contributed by atoms with E-state index in [9.17, 15) is 4.79 Å². The lowest BCUT2D eigenvalue weighted by Gasteiger charge is -2.02. The molecule has 0 aliphatic carbocycles. The van der Waals surface area contributed by atoms with Crippen LogP contribution >= 0.6 is 0 Å². The van der Waals surface area contributed by atoms with E-state index < -0.39 is 12.0 Å². The van der Waals surface area contributed by atoms with E-state index in [1.165, 1.54) is 6.07 Å². The quantitative estimate of drug-likeness (QED) is 0.541. The number of fused-ring (bicyclic) bond motifs is 1. The van der Waals surface area contributed by atoms with Gasteiger partial charge in [0, 0.05) is 0 Å². The summed E-state index contributed by atoms with van der Waals surface area (Å²) >= 11 is 0. The first-order chi connectivity index (χ1) is 6.16. The van der Waals surface area contributed by atoms with E-state index in [1.807, 2.05) is 0 Å². The number of hydrogen-bond donors (Lipinski definition) is 3. The van der Waals surface area contributed by atoms with Gasteiger partial charge in [-0.25, -0.2) is 4.79 Å². The van der Waals surface area contributed by atoms with Crippen LogP contribution in [-0.2, 0) is 0 Å². The monoisotopic (exact) mass is 180 g/mol. The first-order valence-electron chi connectivity index (χ1n) is 3.73. The molecular formula is C8H8N2O3. The van der Waals surface area contributed by atoms with E-state index in [0.29, 0.717) is 16.7 Å². The Morgan fingerprint density at radius 2 is 2.31 bits per heavy atom. The van der Waals surface area contributed by atoms with Gasteiger partial charge in [-0.1, -0.05) is 6.07 Å². The van der Waals surface area contributed by atoms with Crippen LogP contribution in [0.25, 0.3) is 11.1 Å². The first kappa shape index (κ1) is 8.03. The largest absolute Gasteiger partial charge is 0.417 e. The van der Waals surface area contributed by atoms with Crippen LogP contribution in [0.4, 0.5) is 0 Å². The van der Waals surface area contributed by atoms with Crippen LogP contribution in [0.5, 0.6) is 0 Å². The zero-order valence-corrected chi connectivity index (χ0v) is 6.65.